The first-order chi connectivity index (χ1) is 14.0. The first kappa shape index (κ1) is 19.3. The van der Waals surface area contributed by atoms with Crippen LogP contribution in [-0.4, -0.2) is 28.0 Å². The fourth-order valence-electron chi connectivity index (χ4n) is 2.98. The average Bonchev–Trinajstić information content (AvgIpc) is 3.18. The maximum Gasteiger partial charge on any atom is 0.277 e. The first-order valence-electron chi connectivity index (χ1n) is 9.27. The molecule has 1 N–H and O–H groups in total. The SMILES string of the molecule is Cc1cccc(C)c1NC(=O)[C@@H](C)Sc1nnc([C@@H]2COc3ccccc3O2)o1. The fourth-order valence-corrected chi connectivity index (χ4v) is 3.67. The number of thioether (sulfide) groups is 1. The Hall–Kier alpha value is -3.00. The van der Waals surface area contributed by atoms with Gasteiger partial charge in [0.2, 0.25) is 12.0 Å². The van der Waals surface area contributed by atoms with Crippen molar-refractivity contribution in [3.63, 3.8) is 0 Å². The third kappa shape index (κ3) is 4.22. The molecule has 2 atom stereocenters. The third-order valence-corrected chi connectivity index (χ3v) is 5.52. The topological polar surface area (TPSA) is 86.5 Å². The number of fused-ring (bicyclic) bond motifs is 1. The summed E-state index contributed by atoms with van der Waals surface area (Å²) in [5.41, 5.74) is 2.87. The van der Waals surface area contributed by atoms with E-state index >= 15 is 0 Å². The second-order valence-corrected chi connectivity index (χ2v) is 8.08. The highest BCUT2D eigenvalue weighted by Gasteiger charge is 2.28. The van der Waals surface area contributed by atoms with E-state index in [4.69, 9.17) is 13.9 Å². The van der Waals surface area contributed by atoms with Crippen molar-refractivity contribution < 1.29 is 18.7 Å². The molecule has 1 aliphatic rings. The molecule has 8 heteroatoms. The van der Waals surface area contributed by atoms with E-state index in [0.717, 1.165) is 16.8 Å². The summed E-state index contributed by atoms with van der Waals surface area (Å²) in [4.78, 5) is 12.6. The molecule has 0 bridgehead atoms. The van der Waals surface area contributed by atoms with Crippen LogP contribution in [0.3, 0.4) is 0 Å². The van der Waals surface area contributed by atoms with E-state index < -0.39 is 11.4 Å². The van der Waals surface area contributed by atoms with Crippen LogP contribution in [0.1, 0.15) is 30.0 Å². The van der Waals surface area contributed by atoms with E-state index in [2.05, 4.69) is 15.5 Å². The maximum absolute atomic E-state index is 12.6. The Morgan fingerprint density at radius 1 is 1.10 bits per heavy atom. The highest BCUT2D eigenvalue weighted by atomic mass is 32.2. The molecule has 2 aromatic carbocycles. The average molecular weight is 411 g/mol. The van der Waals surface area contributed by atoms with Gasteiger partial charge in [0.05, 0.1) is 5.25 Å². The van der Waals surface area contributed by atoms with Crippen molar-refractivity contribution in [1.29, 1.82) is 0 Å². The quantitative estimate of drug-likeness (QED) is 0.626. The van der Waals surface area contributed by atoms with E-state index in [9.17, 15) is 4.79 Å². The van der Waals surface area contributed by atoms with Gasteiger partial charge in [0.1, 0.15) is 6.61 Å². The van der Waals surface area contributed by atoms with Gasteiger partial charge in [0.25, 0.3) is 11.1 Å². The number of ether oxygens (including phenoxy) is 2. The number of aromatic nitrogens is 2. The Balaban J connectivity index is 1.39. The lowest BCUT2D eigenvalue weighted by atomic mass is 10.1. The van der Waals surface area contributed by atoms with E-state index in [0.29, 0.717) is 22.6 Å². The molecule has 4 rings (SSSR count). The third-order valence-electron chi connectivity index (χ3n) is 4.58. The predicted molar refractivity (Wildman–Crippen MR) is 109 cm³/mol. The normalized spacial score (nSPS) is 16.3. The molecule has 29 heavy (non-hydrogen) atoms. The largest absolute Gasteiger partial charge is 0.485 e. The Bertz CT molecular complexity index is 1020. The Morgan fingerprint density at radius 2 is 1.83 bits per heavy atom. The number of benzene rings is 2. The molecule has 0 spiro atoms. The van der Waals surface area contributed by atoms with Gasteiger partial charge in [-0.05, 0) is 44.0 Å². The van der Waals surface area contributed by atoms with Crippen molar-refractivity contribution in [3.05, 3.63) is 59.5 Å². The van der Waals surface area contributed by atoms with Gasteiger partial charge in [-0.1, -0.05) is 42.1 Å². The molecule has 3 aromatic rings. The molecule has 2 heterocycles. The van der Waals surface area contributed by atoms with E-state index in [1.165, 1.54) is 11.8 Å². The van der Waals surface area contributed by atoms with Crippen LogP contribution in [0.2, 0.25) is 0 Å². The number of nitrogens with zero attached hydrogens (tertiary/aromatic N) is 2. The summed E-state index contributed by atoms with van der Waals surface area (Å²) in [6.07, 6.45) is -0.481. The fraction of sp³-hybridized carbons (Fsp3) is 0.286. The van der Waals surface area contributed by atoms with Gasteiger partial charge in [0.15, 0.2) is 11.5 Å². The minimum atomic E-state index is -0.481. The standard InChI is InChI=1S/C21H21N3O4S/c1-12-7-6-8-13(2)18(12)22-19(25)14(3)29-21-24-23-20(28-21)17-11-26-15-9-4-5-10-16(15)27-17/h4-10,14,17H,11H2,1-3H3,(H,22,25)/t14-,17+/m1/s1. The van der Waals surface area contributed by atoms with Crippen LogP contribution in [0, 0.1) is 13.8 Å². The number of amides is 1. The maximum atomic E-state index is 12.6. The second kappa shape index (κ2) is 8.16. The summed E-state index contributed by atoms with van der Waals surface area (Å²) < 4.78 is 17.3. The molecular formula is C21H21N3O4S. The van der Waals surface area contributed by atoms with Crippen LogP contribution < -0.4 is 14.8 Å². The van der Waals surface area contributed by atoms with Gasteiger partial charge in [0, 0.05) is 5.69 Å². The zero-order chi connectivity index (χ0) is 20.4. The number of carbonyl (C=O) groups is 1. The Kier molecular flexibility index (Phi) is 5.44. The van der Waals surface area contributed by atoms with Gasteiger partial charge < -0.3 is 19.2 Å². The molecule has 1 aliphatic heterocycles. The first-order valence-corrected chi connectivity index (χ1v) is 10.1. The predicted octanol–water partition coefficient (Wildman–Crippen LogP) is 4.32. The molecule has 0 saturated heterocycles. The van der Waals surface area contributed by atoms with Gasteiger partial charge in [-0.3, -0.25) is 4.79 Å². The molecule has 0 radical (unpaired) electrons. The van der Waals surface area contributed by atoms with Crippen LogP contribution in [0.5, 0.6) is 11.5 Å². The van der Waals surface area contributed by atoms with Crippen LogP contribution >= 0.6 is 11.8 Å². The van der Waals surface area contributed by atoms with Crippen molar-refractivity contribution in [3.8, 4) is 11.5 Å². The Morgan fingerprint density at radius 3 is 2.59 bits per heavy atom. The minimum Gasteiger partial charge on any atom is -0.485 e. The highest BCUT2D eigenvalue weighted by Crippen LogP contribution is 2.36. The molecule has 150 valence electrons. The van der Waals surface area contributed by atoms with E-state index in [-0.39, 0.29) is 12.5 Å². The van der Waals surface area contributed by atoms with Crippen molar-refractivity contribution in [2.45, 2.75) is 37.3 Å². The zero-order valence-electron chi connectivity index (χ0n) is 16.3. The molecule has 0 saturated carbocycles. The number of anilines is 1. The summed E-state index contributed by atoms with van der Waals surface area (Å²) in [7, 11) is 0. The molecule has 7 nitrogen and oxygen atoms in total. The summed E-state index contributed by atoms with van der Waals surface area (Å²) in [6.45, 7) is 6.02. The number of carbonyl (C=O) groups excluding carboxylic acids is 1. The van der Waals surface area contributed by atoms with E-state index in [1.54, 1.807) is 6.92 Å². The van der Waals surface area contributed by atoms with Crippen LogP contribution in [0.25, 0.3) is 0 Å². The molecule has 1 amide bonds. The molecular weight excluding hydrogens is 390 g/mol. The van der Waals surface area contributed by atoms with Crippen molar-refractivity contribution >= 4 is 23.4 Å². The lowest BCUT2D eigenvalue weighted by molar-refractivity contribution is -0.115. The van der Waals surface area contributed by atoms with Gasteiger partial charge >= 0.3 is 0 Å². The molecule has 0 aliphatic carbocycles. The number of hydrogen-bond acceptors (Lipinski definition) is 7. The van der Waals surface area contributed by atoms with Crippen LogP contribution in [0.4, 0.5) is 5.69 Å². The van der Waals surface area contributed by atoms with Gasteiger partial charge in [-0.2, -0.15) is 0 Å². The molecule has 1 aromatic heterocycles. The van der Waals surface area contributed by atoms with E-state index in [1.807, 2.05) is 56.3 Å². The minimum absolute atomic E-state index is 0.127. The summed E-state index contributed by atoms with van der Waals surface area (Å²) >= 11 is 1.20. The van der Waals surface area contributed by atoms with Crippen molar-refractivity contribution in [2.75, 3.05) is 11.9 Å². The van der Waals surface area contributed by atoms with Crippen LogP contribution in [0.15, 0.2) is 52.1 Å². The van der Waals surface area contributed by atoms with Crippen molar-refractivity contribution in [2.24, 2.45) is 0 Å². The molecule has 0 unspecified atom stereocenters. The smallest absolute Gasteiger partial charge is 0.277 e. The monoisotopic (exact) mass is 411 g/mol. The molecule has 0 fully saturated rings. The Labute approximate surface area is 172 Å². The van der Waals surface area contributed by atoms with Crippen molar-refractivity contribution in [1.82, 2.24) is 10.2 Å². The highest BCUT2D eigenvalue weighted by molar-refractivity contribution is 8.00. The van der Waals surface area contributed by atoms with Gasteiger partial charge in [-0.15, -0.1) is 10.2 Å². The lowest BCUT2D eigenvalue weighted by Gasteiger charge is -2.23. The number of nitrogens with one attached hydrogen (secondary N) is 1. The zero-order valence-corrected chi connectivity index (χ0v) is 17.2. The number of aryl methyl sites for hydroxylation is 2. The summed E-state index contributed by atoms with van der Waals surface area (Å²) in [5, 5.41) is 11.0. The second-order valence-electron chi connectivity index (χ2n) is 6.79. The lowest BCUT2D eigenvalue weighted by Crippen LogP contribution is -2.23. The van der Waals surface area contributed by atoms with Gasteiger partial charge in [-0.25, -0.2) is 0 Å². The summed E-state index contributed by atoms with van der Waals surface area (Å²) in [6, 6.07) is 13.3. The summed E-state index contributed by atoms with van der Waals surface area (Å²) in [5.74, 6) is 1.52. The number of rotatable bonds is 5. The number of hydrogen-bond donors (Lipinski definition) is 1. The van der Waals surface area contributed by atoms with Crippen LogP contribution in [-0.2, 0) is 4.79 Å². The number of para-hydroxylation sites is 3.